The molecule has 144 valence electrons. The minimum Gasteiger partial charge on any atom is -0.460 e. The molecule has 9 nitrogen and oxygen atoms in total. The molecule has 1 aliphatic rings. The molecule has 0 unspecified atom stereocenters. The summed E-state index contributed by atoms with van der Waals surface area (Å²) in [6, 6.07) is 0. The summed E-state index contributed by atoms with van der Waals surface area (Å²) in [5.74, 6) is -5.97. The number of H-pyrrole nitrogens is 2. The summed E-state index contributed by atoms with van der Waals surface area (Å²) in [7, 11) is 0. The van der Waals surface area contributed by atoms with E-state index in [2.05, 4.69) is 5.10 Å². The molecule has 0 radical (unpaired) electrons. The van der Waals surface area contributed by atoms with Gasteiger partial charge in [-0.15, -0.1) is 0 Å². The fourth-order valence-electron chi connectivity index (χ4n) is 2.56. The van der Waals surface area contributed by atoms with Crippen LogP contribution in [0.4, 0.5) is 13.2 Å². The van der Waals surface area contributed by atoms with E-state index in [1.807, 2.05) is 5.10 Å². The molecule has 1 fully saturated rings. The van der Waals surface area contributed by atoms with Gasteiger partial charge in [-0.25, -0.2) is 9.89 Å². The van der Waals surface area contributed by atoms with E-state index in [9.17, 15) is 32.3 Å². The molecule has 1 saturated heterocycles. The molecule has 0 bridgehead atoms. The number of halogens is 3. The average Bonchev–Trinajstić information content (AvgIpc) is 2.90. The van der Waals surface area contributed by atoms with Gasteiger partial charge in [0.1, 0.15) is 5.60 Å². The van der Waals surface area contributed by atoms with Crippen molar-refractivity contribution < 1.29 is 27.5 Å². The molecule has 12 heteroatoms. The van der Waals surface area contributed by atoms with Crippen LogP contribution in [0.1, 0.15) is 31.3 Å². The Morgan fingerprint density at radius 3 is 2.31 bits per heavy atom. The van der Waals surface area contributed by atoms with Crippen molar-refractivity contribution in [2.24, 2.45) is 11.8 Å². The van der Waals surface area contributed by atoms with Crippen molar-refractivity contribution in [3.8, 4) is 0 Å². The van der Waals surface area contributed by atoms with Gasteiger partial charge in [0.2, 0.25) is 5.69 Å². The van der Waals surface area contributed by atoms with Crippen LogP contribution in [0.25, 0.3) is 0 Å². The molecule has 1 aromatic rings. The van der Waals surface area contributed by atoms with Crippen molar-refractivity contribution in [3.63, 3.8) is 0 Å². The first kappa shape index (κ1) is 19.7. The third kappa shape index (κ3) is 4.29. The van der Waals surface area contributed by atoms with Crippen LogP contribution in [0, 0.1) is 11.8 Å². The van der Waals surface area contributed by atoms with E-state index >= 15 is 0 Å². The van der Waals surface area contributed by atoms with Gasteiger partial charge < -0.3 is 9.64 Å². The number of aromatic nitrogens is 3. The fraction of sp³-hybridized carbons (Fsp3) is 0.643. The molecule has 2 rings (SSSR count). The Morgan fingerprint density at radius 1 is 1.19 bits per heavy atom. The number of hydrogen-bond acceptors (Lipinski definition) is 6. The summed E-state index contributed by atoms with van der Waals surface area (Å²) in [5.41, 5.74) is -3.87. The number of rotatable bonds is 2. The molecule has 1 amide bonds. The van der Waals surface area contributed by atoms with Crippen molar-refractivity contribution in [2.75, 3.05) is 13.1 Å². The zero-order chi connectivity index (χ0) is 19.9. The zero-order valence-corrected chi connectivity index (χ0v) is 14.1. The maximum absolute atomic E-state index is 13.3. The van der Waals surface area contributed by atoms with Crippen molar-refractivity contribution in [2.45, 2.75) is 32.5 Å². The molecular weight excluding hydrogens is 361 g/mol. The summed E-state index contributed by atoms with van der Waals surface area (Å²) in [6.07, 6.45) is -4.75. The molecule has 2 atom stereocenters. The van der Waals surface area contributed by atoms with E-state index in [-0.39, 0.29) is 0 Å². The van der Waals surface area contributed by atoms with E-state index in [0.29, 0.717) is 4.90 Å². The Balaban J connectivity index is 2.29. The molecule has 1 aliphatic heterocycles. The van der Waals surface area contributed by atoms with Crippen molar-refractivity contribution >= 4 is 11.9 Å². The van der Waals surface area contributed by atoms with Gasteiger partial charge in [0, 0.05) is 13.1 Å². The predicted octanol–water partition coefficient (Wildman–Crippen LogP) is 0.0504. The summed E-state index contributed by atoms with van der Waals surface area (Å²) < 4.78 is 44.9. The number of aromatic amines is 2. The van der Waals surface area contributed by atoms with Crippen LogP contribution < -0.4 is 11.2 Å². The lowest BCUT2D eigenvalue weighted by Crippen LogP contribution is -2.38. The third-order valence-corrected chi connectivity index (χ3v) is 3.65. The van der Waals surface area contributed by atoms with Gasteiger partial charge in [0.05, 0.1) is 11.8 Å². The number of ether oxygens (including phenoxy) is 1. The van der Waals surface area contributed by atoms with Crippen molar-refractivity contribution in [1.29, 1.82) is 0 Å². The van der Waals surface area contributed by atoms with Gasteiger partial charge in [-0.1, -0.05) is 0 Å². The number of nitrogens with one attached hydrogen (secondary N) is 2. The molecule has 0 aliphatic carbocycles. The van der Waals surface area contributed by atoms with Crippen LogP contribution in [0.2, 0.25) is 0 Å². The highest BCUT2D eigenvalue weighted by atomic mass is 19.4. The minimum atomic E-state index is -4.75. The molecular formula is C14H17F3N4O5. The quantitative estimate of drug-likeness (QED) is 0.701. The van der Waals surface area contributed by atoms with Gasteiger partial charge >= 0.3 is 17.8 Å². The third-order valence-electron chi connectivity index (χ3n) is 3.65. The van der Waals surface area contributed by atoms with Crippen LogP contribution >= 0.6 is 0 Å². The van der Waals surface area contributed by atoms with E-state index < -0.39 is 65.5 Å². The van der Waals surface area contributed by atoms with Gasteiger partial charge in [-0.05, 0) is 20.8 Å². The van der Waals surface area contributed by atoms with Gasteiger partial charge in [0.25, 0.3) is 11.5 Å². The second-order valence-corrected chi connectivity index (χ2v) is 6.85. The van der Waals surface area contributed by atoms with Gasteiger partial charge in [0.15, 0.2) is 0 Å². The molecule has 1 aromatic heterocycles. The zero-order valence-electron chi connectivity index (χ0n) is 14.1. The molecule has 0 aromatic carbocycles. The lowest BCUT2D eigenvalue weighted by atomic mass is 9.95. The Hall–Kier alpha value is -2.66. The predicted molar refractivity (Wildman–Crippen MR) is 80.3 cm³/mol. The fourth-order valence-corrected chi connectivity index (χ4v) is 2.56. The van der Waals surface area contributed by atoms with Crippen LogP contribution in [0.15, 0.2) is 9.59 Å². The number of nitrogens with zero attached hydrogens (tertiary/aromatic N) is 2. The number of carbonyl (C=O) groups excluding carboxylic acids is 2. The van der Waals surface area contributed by atoms with Crippen molar-refractivity contribution in [3.05, 3.63) is 26.5 Å². The lowest BCUT2D eigenvalue weighted by molar-refractivity contribution is -0.194. The molecule has 0 saturated carbocycles. The highest BCUT2D eigenvalue weighted by Crippen LogP contribution is 2.39. The minimum absolute atomic E-state index is 0.585. The Labute approximate surface area is 144 Å². The standard InChI is InChI=1S/C14H17F3N4O5/c1-13(2,3)26-11(24)6-4-21(5-7(6)14(15,16)17)10(23)8-9(22)18-12(25)20-19-8/h6-7H,4-5H2,1-3H3,(H2,18,20,22,25)/t6-,7-/m1/s1. The Kier molecular flexibility index (Phi) is 4.97. The number of hydrogen-bond donors (Lipinski definition) is 2. The highest BCUT2D eigenvalue weighted by molar-refractivity contribution is 5.92. The van der Waals surface area contributed by atoms with E-state index in [1.165, 1.54) is 20.8 Å². The molecule has 0 spiro atoms. The maximum atomic E-state index is 13.3. The number of amides is 1. The average molecular weight is 378 g/mol. The topological polar surface area (TPSA) is 125 Å². The van der Waals surface area contributed by atoms with Crippen molar-refractivity contribution in [1.82, 2.24) is 20.1 Å². The smallest absolute Gasteiger partial charge is 0.394 e. The number of alkyl halides is 3. The second-order valence-electron chi connectivity index (χ2n) is 6.85. The van der Waals surface area contributed by atoms with E-state index in [1.54, 1.807) is 4.98 Å². The number of carbonyl (C=O) groups is 2. The number of likely N-dealkylation sites (tertiary alicyclic amines) is 1. The van der Waals surface area contributed by atoms with E-state index in [4.69, 9.17) is 4.74 Å². The maximum Gasteiger partial charge on any atom is 0.394 e. The second kappa shape index (κ2) is 6.57. The van der Waals surface area contributed by atoms with Gasteiger partial charge in [-0.3, -0.25) is 19.4 Å². The molecule has 2 N–H and O–H groups in total. The lowest BCUT2D eigenvalue weighted by Gasteiger charge is -2.25. The summed E-state index contributed by atoms with van der Waals surface area (Å²) in [5, 5.41) is 5.10. The summed E-state index contributed by atoms with van der Waals surface area (Å²) in [6.45, 7) is 3.12. The van der Waals surface area contributed by atoms with Gasteiger partial charge in [-0.2, -0.15) is 18.3 Å². The van der Waals surface area contributed by atoms with Crippen LogP contribution in [-0.4, -0.2) is 56.8 Å². The van der Waals surface area contributed by atoms with Crippen LogP contribution in [0.3, 0.4) is 0 Å². The number of esters is 1. The van der Waals surface area contributed by atoms with Crippen LogP contribution in [-0.2, 0) is 9.53 Å². The molecule has 26 heavy (non-hydrogen) atoms. The first-order valence-corrected chi connectivity index (χ1v) is 7.57. The summed E-state index contributed by atoms with van der Waals surface area (Å²) >= 11 is 0. The Morgan fingerprint density at radius 2 is 1.81 bits per heavy atom. The summed E-state index contributed by atoms with van der Waals surface area (Å²) in [4.78, 5) is 49.5. The SMILES string of the molecule is CC(C)(C)OC(=O)[C@@H]1CN(C(=O)c2n[nH]c(=O)[nH]c2=O)C[C@H]1C(F)(F)F. The Bertz CT molecular complexity index is 823. The first-order valence-electron chi connectivity index (χ1n) is 7.57. The molecule has 2 heterocycles. The highest BCUT2D eigenvalue weighted by Gasteiger charge is 2.54. The van der Waals surface area contributed by atoms with E-state index in [0.717, 1.165) is 0 Å². The largest absolute Gasteiger partial charge is 0.460 e. The normalized spacial score (nSPS) is 20.9. The first-order chi connectivity index (χ1) is 11.8. The van der Waals surface area contributed by atoms with Crippen LogP contribution in [0.5, 0.6) is 0 Å². The monoisotopic (exact) mass is 378 g/mol.